The Morgan fingerprint density at radius 1 is 1.36 bits per heavy atom. The molecular formula is C16H19NO2SYZn-2. The second kappa shape index (κ2) is 8.96. The third-order valence-corrected chi connectivity index (χ3v) is 4.94. The molecule has 1 fully saturated rings. The number of carbonyl (C=O) groups excluding carboxylic acids is 1. The summed E-state index contributed by atoms with van der Waals surface area (Å²) in [4.78, 5) is 12.3. The Balaban J connectivity index is 0.00000147. The van der Waals surface area contributed by atoms with Crippen LogP contribution in [-0.4, -0.2) is 28.1 Å². The van der Waals surface area contributed by atoms with E-state index < -0.39 is 5.54 Å². The zero-order valence-electron chi connectivity index (χ0n) is 13.1. The van der Waals surface area contributed by atoms with Gasteiger partial charge in [-0.2, -0.15) is 41.6 Å². The van der Waals surface area contributed by atoms with Crippen LogP contribution in [0.25, 0.3) is 5.57 Å². The fourth-order valence-electron chi connectivity index (χ4n) is 2.81. The molecule has 0 saturated carbocycles. The molecule has 0 unspecified atom stereocenters. The molecule has 0 aromatic heterocycles. The molecule has 3 nitrogen and oxygen atoms in total. The molecule has 0 aliphatic carbocycles. The molecule has 0 bridgehead atoms. The van der Waals surface area contributed by atoms with Gasteiger partial charge < -0.3 is 17.8 Å². The van der Waals surface area contributed by atoms with Crippen molar-refractivity contribution in [2.45, 2.75) is 25.3 Å². The zero-order chi connectivity index (χ0) is 13.5. The summed E-state index contributed by atoms with van der Waals surface area (Å²) in [6, 6.07) is 8.44. The first-order chi connectivity index (χ1) is 9.14. The van der Waals surface area contributed by atoms with E-state index in [1.807, 2.05) is 30.8 Å². The largest absolute Gasteiger partial charge is 0.509 e. The fraction of sp³-hybridized carbons (Fsp3) is 0.375. The first-order valence-corrected chi connectivity index (χ1v) is 7.60. The Hall–Kier alpha value is 0.307. The van der Waals surface area contributed by atoms with Crippen LogP contribution in [0.5, 0.6) is 0 Å². The summed E-state index contributed by atoms with van der Waals surface area (Å²) in [6.45, 7) is 1.93. The van der Waals surface area contributed by atoms with Gasteiger partial charge >= 0.3 is 0 Å². The number of carbonyl (C=O) groups is 1. The molecule has 113 valence electrons. The number of rotatable bonds is 1. The van der Waals surface area contributed by atoms with Gasteiger partial charge in [-0.15, -0.1) is 5.56 Å². The van der Waals surface area contributed by atoms with Gasteiger partial charge in [0.15, 0.2) is 0 Å². The minimum atomic E-state index is -0.524. The molecule has 1 spiro atoms. The molecule has 2 heterocycles. The second-order valence-corrected chi connectivity index (χ2v) is 6.34. The molecular weight excluding hydrogens is 425 g/mol. The number of hydrogen-bond donors (Lipinski definition) is 2. The number of benzene rings is 1. The Bertz CT molecular complexity index is 571. The van der Waals surface area contributed by atoms with E-state index >= 15 is 0 Å². The summed E-state index contributed by atoms with van der Waals surface area (Å²) in [7, 11) is 0. The Kier molecular flexibility index (Phi) is 9.09. The van der Waals surface area contributed by atoms with Crippen LogP contribution in [0.2, 0.25) is 0 Å². The Labute approximate surface area is 174 Å². The van der Waals surface area contributed by atoms with Crippen molar-refractivity contribution in [1.29, 1.82) is 0 Å². The Morgan fingerprint density at radius 3 is 2.59 bits per heavy atom. The molecule has 2 aliphatic rings. The molecule has 1 amide bonds. The summed E-state index contributed by atoms with van der Waals surface area (Å²) in [5.74, 6) is 2.02. The molecule has 1 aromatic rings. The minimum absolute atomic E-state index is 0. The maximum atomic E-state index is 12.3. The average molecular weight is 444 g/mol. The molecule has 2 aliphatic heterocycles. The SMILES string of the molecule is Cc1c[c-]ccc1C1=C(O)C2(CCSCC2)NC1=O.[CH3-].[Y].[Zn]. The number of aliphatic hydroxyl groups excluding tert-OH is 1. The number of amides is 1. The van der Waals surface area contributed by atoms with E-state index in [2.05, 4.69) is 11.4 Å². The van der Waals surface area contributed by atoms with Gasteiger partial charge in [-0.25, -0.2) is 0 Å². The van der Waals surface area contributed by atoms with Crippen LogP contribution in [-0.2, 0) is 57.0 Å². The number of hydrogen-bond acceptors (Lipinski definition) is 3. The summed E-state index contributed by atoms with van der Waals surface area (Å²) >= 11 is 1.87. The van der Waals surface area contributed by atoms with Gasteiger partial charge in [0.25, 0.3) is 5.91 Å². The van der Waals surface area contributed by atoms with Crippen LogP contribution in [0, 0.1) is 20.4 Å². The maximum absolute atomic E-state index is 12.3. The molecule has 1 radical (unpaired) electrons. The van der Waals surface area contributed by atoms with Gasteiger partial charge in [0.1, 0.15) is 5.76 Å². The quantitative estimate of drug-likeness (QED) is 0.518. The predicted molar refractivity (Wildman–Crippen MR) is 83.4 cm³/mol. The van der Waals surface area contributed by atoms with Gasteiger partial charge in [-0.3, -0.25) is 4.79 Å². The van der Waals surface area contributed by atoms with Crippen molar-refractivity contribution in [2.24, 2.45) is 0 Å². The van der Waals surface area contributed by atoms with Crippen molar-refractivity contribution < 1.29 is 62.1 Å². The van der Waals surface area contributed by atoms with Crippen molar-refractivity contribution in [3.63, 3.8) is 0 Å². The van der Waals surface area contributed by atoms with Gasteiger partial charge in [-0.05, 0) is 24.3 Å². The van der Waals surface area contributed by atoms with E-state index in [1.165, 1.54) is 0 Å². The first kappa shape index (κ1) is 22.3. The third-order valence-electron chi connectivity index (χ3n) is 3.96. The van der Waals surface area contributed by atoms with E-state index in [1.54, 1.807) is 6.07 Å². The Morgan fingerprint density at radius 2 is 2.00 bits per heavy atom. The topological polar surface area (TPSA) is 49.3 Å². The number of nitrogens with one attached hydrogen (secondary N) is 1. The molecule has 3 rings (SSSR count). The third kappa shape index (κ3) is 3.86. The molecule has 1 aromatic carbocycles. The van der Waals surface area contributed by atoms with Gasteiger partial charge in [0.05, 0.1) is 11.1 Å². The first-order valence-electron chi connectivity index (χ1n) is 6.45. The normalized spacial score (nSPS) is 18.9. The van der Waals surface area contributed by atoms with Gasteiger partial charge in [0, 0.05) is 52.2 Å². The van der Waals surface area contributed by atoms with Crippen molar-refractivity contribution in [1.82, 2.24) is 5.32 Å². The van der Waals surface area contributed by atoms with Crippen molar-refractivity contribution in [2.75, 3.05) is 11.5 Å². The maximum Gasteiger partial charge on any atom is 0.254 e. The number of aliphatic hydroxyl groups is 1. The predicted octanol–water partition coefficient (Wildman–Crippen LogP) is 2.91. The minimum Gasteiger partial charge on any atom is -0.509 e. The van der Waals surface area contributed by atoms with E-state index in [4.69, 9.17) is 0 Å². The standard InChI is InChI=1S/C15H16NO2S.CH3.Y.Zn/c1-10-4-2-3-5-11(10)12-13(17)15(16-14(12)18)6-8-19-9-7-15;;;/h3-5,17H,6-9H2,1H3,(H,16,18);1H3;;/q2*-1;;. The second-order valence-electron chi connectivity index (χ2n) is 5.11. The van der Waals surface area contributed by atoms with Crippen LogP contribution in [0.3, 0.4) is 0 Å². The van der Waals surface area contributed by atoms with E-state index in [-0.39, 0.29) is 71.3 Å². The molecule has 1 saturated heterocycles. The zero-order valence-corrected chi connectivity index (χ0v) is 19.7. The summed E-state index contributed by atoms with van der Waals surface area (Å²) in [5.41, 5.74) is 1.69. The number of aryl methyl sites for hydroxylation is 1. The van der Waals surface area contributed by atoms with Crippen LogP contribution < -0.4 is 5.32 Å². The molecule has 6 heteroatoms. The van der Waals surface area contributed by atoms with Gasteiger partial charge in [-0.1, -0.05) is 6.92 Å². The smallest absolute Gasteiger partial charge is 0.254 e. The van der Waals surface area contributed by atoms with E-state index in [0.717, 1.165) is 35.5 Å². The van der Waals surface area contributed by atoms with Crippen LogP contribution >= 0.6 is 11.8 Å². The summed E-state index contributed by atoms with van der Waals surface area (Å²) in [5, 5.41) is 13.6. The van der Waals surface area contributed by atoms with Crippen LogP contribution in [0.4, 0.5) is 0 Å². The molecule has 2 N–H and O–H groups in total. The molecule has 0 atom stereocenters. The van der Waals surface area contributed by atoms with Crippen LogP contribution in [0.15, 0.2) is 24.0 Å². The van der Waals surface area contributed by atoms with Crippen molar-refractivity contribution in [3.8, 4) is 0 Å². The monoisotopic (exact) mass is 442 g/mol. The van der Waals surface area contributed by atoms with Crippen molar-refractivity contribution >= 4 is 23.2 Å². The van der Waals surface area contributed by atoms with E-state index in [9.17, 15) is 9.90 Å². The van der Waals surface area contributed by atoms with Gasteiger partial charge in [0.2, 0.25) is 0 Å². The van der Waals surface area contributed by atoms with Crippen molar-refractivity contribution in [3.05, 3.63) is 48.6 Å². The summed E-state index contributed by atoms with van der Waals surface area (Å²) < 4.78 is 0. The average Bonchev–Trinajstić information content (AvgIpc) is 2.63. The molecule has 22 heavy (non-hydrogen) atoms. The van der Waals surface area contributed by atoms with Crippen LogP contribution in [0.1, 0.15) is 24.0 Å². The van der Waals surface area contributed by atoms with E-state index in [0.29, 0.717) is 5.57 Å². The fourth-order valence-corrected chi connectivity index (χ4v) is 4.00. The summed E-state index contributed by atoms with van der Waals surface area (Å²) in [6.07, 6.45) is 1.60. The number of thioether (sulfide) groups is 1.